The number of rotatable bonds is 4. The van der Waals surface area contributed by atoms with Gasteiger partial charge in [-0.05, 0) is 93.7 Å². The van der Waals surface area contributed by atoms with Crippen molar-refractivity contribution in [2.24, 2.45) is 23.2 Å². The van der Waals surface area contributed by atoms with Gasteiger partial charge >= 0.3 is 0 Å². The number of hydrogen-bond acceptors (Lipinski definition) is 1. The van der Waals surface area contributed by atoms with Crippen molar-refractivity contribution >= 4 is 12.4 Å². The second-order valence-electron chi connectivity index (χ2n) is 8.21. The Morgan fingerprint density at radius 1 is 1.05 bits per heavy atom. The summed E-state index contributed by atoms with van der Waals surface area (Å²) in [5, 5.41) is 3.42. The zero-order valence-corrected chi connectivity index (χ0v) is 14.8. The molecular weight excluding hydrogens is 290 g/mol. The van der Waals surface area contributed by atoms with Crippen molar-refractivity contribution in [3.8, 4) is 0 Å². The van der Waals surface area contributed by atoms with Crippen LogP contribution in [0.25, 0.3) is 0 Å². The molecule has 0 amide bonds. The average Bonchev–Trinajstić information content (AvgIpc) is 2.46. The number of benzene rings is 1. The minimum atomic E-state index is 0. The normalized spacial score (nSPS) is 38.8. The summed E-state index contributed by atoms with van der Waals surface area (Å²) in [4.78, 5) is 0. The number of nitrogens with one attached hydrogen (secondary N) is 1. The highest BCUT2D eigenvalue weighted by Crippen LogP contribution is 2.67. The molecule has 3 unspecified atom stereocenters. The molecule has 122 valence electrons. The Labute approximate surface area is 141 Å². The van der Waals surface area contributed by atoms with Gasteiger partial charge in [0.1, 0.15) is 0 Å². The molecule has 4 saturated carbocycles. The van der Waals surface area contributed by atoms with Crippen LogP contribution < -0.4 is 5.32 Å². The fourth-order valence-electron chi connectivity index (χ4n) is 6.34. The van der Waals surface area contributed by atoms with Gasteiger partial charge in [0.2, 0.25) is 0 Å². The molecule has 22 heavy (non-hydrogen) atoms. The number of aryl methyl sites for hydroxylation is 1. The molecule has 1 N–H and O–H groups in total. The van der Waals surface area contributed by atoms with E-state index < -0.39 is 0 Å². The maximum absolute atomic E-state index is 3.42. The van der Waals surface area contributed by atoms with E-state index in [0.717, 1.165) is 23.7 Å². The van der Waals surface area contributed by atoms with E-state index in [0.29, 0.717) is 5.41 Å². The van der Waals surface area contributed by atoms with E-state index in [1.165, 1.54) is 44.2 Å². The quantitative estimate of drug-likeness (QED) is 0.829. The van der Waals surface area contributed by atoms with Crippen LogP contribution in [0.1, 0.15) is 55.6 Å². The highest BCUT2D eigenvalue weighted by atomic mass is 35.5. The summed E-state index contributed by atoms with van der Waals surface area (Å²) in [5.74, 6) is 3.89. The van der Waals surface area contributed by atoms with Gasteiger partial charge in [0.15, 0.2) is 0 Å². The Morgan fingerprint density at radius 3 is 2.27 bits per heavy atom. The van der Waals surface area contributed by atoms with Crippen LogP contribution >= 0.6 is 12.4 Å². The van der Waals surface area contributed by atoms with Gasteiger partial charge in [-0.3, -0.25) is 0 Å². The molecule has 0 spiro atoms. The van der Waals surface area contributed by atoms with E-state index in [-0.39, 0.29) is 12.4 Å². The predicted octanol–water partition coefficient (Wildman–Crippen LogP) is 4.94. The van der Waals surface area contributed by atoms with Crippen LogP contribution in [-0.2, 0) is 0 Å². The summed E-state index contributed by atoms with van der Waals surface area (Å²) in [6.45, 7) is 3.39. The van der Waals surface area contributed by atoms with Gasteiger partial charge in [-0.2, -0.15) is 0 Å². The van der Waals surface area contributed by atoms with Crippen LogP contribution in [0.3, 0.4) is 0 Å². The molecule has 0 aliphatic heterocycles. The van der Waals surface area contributed by atoms with E-state index in [9.17, 15) is 0 Å². The van der Waals surface area contributed by atoms with E-state index in [4.69, 9.17) is 0 Å². The number of halogens is 1. The van der Waals surface area contributed by atoms with E-state index in [1.54, 1.807) is 12.0 Å². The first-order valence-corrected chi connectivity index (χ1v) is 8.91. The minimum absolute atomic E-state index is 0. The van der Waals surface area contributed by atoms with Crippen LogP contribution in [-0.4, -0.2) is 13.6 Å². The molecule has 0 saturated heterocycles. The summed E-state index contributed by atoms with van der Waals surface area (Å²) in [7, 11) is 2.11. The van der Waals surface area contributed by atoms with Crippen LogP contribution in [0.15, 0.2) is 24.3 Å². The molecule has 1 aromatic rings. The fourth-order valence-corrected chi connectivity index (χ4v) is 6.34. The molecule has 0 heterocycles. The average molecular weight is 320 g/mol. The van der Waals surface area contributed by atoms with Gasteiger partial charge in [0.25, 0.3) is 0 Å². The molecule has 4 aliphatic carbocycles. The van der Waals surface area contributed by atoms with Crippen LogP contribution in [0.5, 0.6) is 0 Å². The lowest BCUT2D eigenvalue weighted by Crippen LogP contribution is -2.52. The molecule has 0 radical (unpaired) electrons. The fraction of sp³-hybridized carbons (Fsp3) is 0.700. The molecule has 1 nitrogen and oxygen atoms in total. The van der Waals surface area contributed by atoms with Gasteiger partial charge in [0, 0.05) is 0 Å². The molecule has 4 fully saturated rings. The third-order valence-corrected chi connectivity index (χ3v) is 6.77. The topological polar surface area (TPSA) is 12.0 Å². The lowest BCUT2D eigenvalue weighted by atomic mass is 9.43. The van der Waals surface area contributed by atoms with Crippen molar-refractivity contribution in [3.05, 3.63) is 35.4 Å². The van der Waals surface area contributed by atoms with E-state index >= 15 is 0 Å². The van der Waals surface area contributed by atoms with Gasteiger partial charge < -0.3 is 5.32 Å². The second kappa shape index (κ2) is 6.17. The van der Waals surface area contributed by atoms with Gasteiger partial charge in [-0.15, -0.1) is 12.4 Å². The molecule has 4 aliphatic rings. The molecule has 4 bridgehead atoms. The SMILES string of the molecule is CNCCC12CC3CC(CC(C3)C1c1ccc(C)cc1)C2.Cl. The summed E-state index contributed by atoms with van der Waals surface area (Å²) < 4.78 is 0. The molecule has 3 atom stereocenters. The largest absolute Gasteiger partial charge is 0.320 e. The minimum Gasteiger partial charge on any atom is -0.320 e. The third kappa shape index (κ3) is 2.61. The van der Waals surface area contributed by atoms with Crippen LogP contribution in [0.2, 0.25) is 0 Å². The predicted molar refractivity (Wildman–Crippen MR) is 95.7 cm³/mol. The molecule has 5 rings (SSSR count). The monoisotopic (exact) mass is 319 g/mol. The zero-order valence-electron chi connectivity index (χ0n) is 14.0. The maximum Gasteiger partial charge on any atom is -0.00464 e. The lowest BCUT2D eigenvalue weighted by molar-refractivity contribution is -0.0794. The first-order valence-electron chi connectivity index (χ1n) is 8.91. The van der Waals surface area contributed by atoms with Crippen molar-refractivity contribution in [1.82, 2.24) is 5.32 Å². The standard InChI is InChI=1S/C20H29N.ClH/c1-14-3-5-17(6-4-14)19-18-10-15-9-16(11-18)13-20(19,12-15)7-8-21-2;/h3-6,15-16,18-19,21H,7-13H2,1-2H3;1H. The van der Waals surface area contributed by atoms with Crippen LogP contribution in [0.4, 0.5) is 0 Å². The molecular formula is C20H30ClN. The molecule has 2 heteroatoms. The Balaban J connectivity index is 0.00000144. The van der Waals surface area contributed by atoms with Crippen molar-refractivity contribution in [3.63, 3.8) is 0 Å². The molecule has 0 aromatic heterocycles. The summed E-state index contributed by atoms with van der Waals surface area (Å²) in [6, 6.07) is 9.52. The number of hydrogen-bond donors (Lipinski definition) is 1. The highest BCUT2D eigenvalue weighted by Gasteiger charge is 2.56. The van der Waals surface area contributed by atoms with Crippen molar-refractivity contribution in [2.45, 2.75) is 51.4 Å². The van der Waals surface area contributed by atoms with Crippen LogP contribution in [0, 0.1) is 30.1 Å². The lowest BCUT2D eigenvalue weighted by Gasteiger charge is -2.62. The zero-order chi connectivity index (χ0) is 14.4. The van der Waals surface area contributed by atoms with Gasteiger partial charge in [-0.1, -0.05) is 29.8 Å². The first kappa shape index (κ1) is 16.3. The Kier molecular flexibility index (Phi) is 4.58. The smallest absolute Gasteiger partial charge is 0.00464 e. The highest BCUT2D eigenvalue weighted by molar-refractivity contribution is 5.85. The second-order valence-corrected chi connectivity index (χ2v) is 8.21. The Bertz CT molecular complexity index is 495. The van der Waals surface area contributed by atoms with Gasteiger partial charge in [0.05, 0.1) is 0 Å². The van der Waals surface area contributed by atoms with Crippen molar-refractivity contribution in [1.29, 1.82) is 0 Å². The van der Waals surface area contributed by atoms with Gasteiger partial charge in [-0.25, -0.2) is 0 Å². The van der Waals surface area contributed by atoms with E-state index in [2.05, 4.69) is 43.6 Å². The summed E-state index contributed by atoms with van der Waals surface area (Å²) in [5.41, 5.74) is 3.64. The van der Waals surface area contributed by atoms with E-state index in [1.807, 2.05) is 0 Å². The summed E-state index contributed by atoms with van der Waals surface area (Å²) in [6.07, 6.45) is 8.94. The Morgan fingerprint density at radius 2 is 1.68 bits per heavy atom. The summed E-state index contributed by atoms with van der Waals surface area (Å²) >= 11 is 0. The first-order chi connectivity index (χ1) is 10.2. The Hall–Kier alpha value is -0.530. The maximum atomic E-state index is 3.42. The third-order valence-electron chi connectivity index (χ3n) is 6.77. The van der Waals surface area contributed by atoms with Crippen molar-refractivity contribution < 1.29 is 0 Å². The molecule has 1 aromatic carbocycles. The van der Waals surface area contributed by atoms with Crippen molar-refractivity contribution in [2.75, 3.05) is 13.6 Å².